The second-order valence-electron chi connectivity index (χ2n) is 8.93. The third-order valence-corrected chi connectivity index (χ3v) is 7.67. The Balaban J connectivity index is 1.80. The maximum atomic E-state index is 13.3. The molecule has 3 rings (SSSR count). The van der Waals surface area contributed by atoms with E-state index in [1.54, 1.807) is 25.1 Å². The van der Waals surface area contributed by atoms with E-state index < -0.39 is 22.0 Å². The molecule has 0 aromatic heterocycles. The number of carbonyl (C=O) groups is 2. The zero-order valence-electron chi connectivity index (χ0n) is 20.6. The zero-order chi connectivity index (χ0) is 25.6. The van der Waals surface area contributed by atoms with E-state index in [0.29, 0.717) is 13.0 Å². The second-order valence-corrected chi connectivity index (χ2v) is 11.0. The van der Waals surface area contributed by atoms with Gasteiger partial charge in [0.2, 0.25) is 21.8 Å². The molecule has 0 bridgehead atoms. The van der Waals surface area contributed by atoms with Crippen LogP contribution in [0.25, 0.3) is 10.8 Å². The molecule has 0 aliphatic carbocycles. The summed E-state index contributed by atoms with van der Waals surface area (Å²) in [5.74, 6) is -0.708. The molecule has 1 N–H and O–H groups in total. The first-order valence-electron chi connectivity index (χ1n) is 11.7. The summed E-state index contributed by atoms with van der Waals surface area (Å²) < 4.78 is 27.5. The predicted molar refractivity (Wildman–Crippen MR) is 138 cm³/mol. The summed E-state index contributed by atoms with van der Waals surface area (Å²) in [6, 6.07) is 21.2. The molecule has 1 atom stereocenters. The largest absolute Gasteiger partial charge is 0.352 e. The van der Waals surface area contributed by atoms with Gasteiger partial charge in [0, 0.05) is 19.6 Å². The van der Waals surface area contributed by atoms with Crippen LogP contribution in [0.1, 0.15) is 26.3 Å². The molecule has 0 saturated heterocycles. The Morgan fingerprint density at radius 2 is 1.51 bits per heavy atom. The Hall–Kier alpha value is -3.23. The molecule has 0 spiro atoms. The molecule has 3 aromatic carbocycles. The maximum absolute atomic E-state index is 13.3. The number of amides is 2. The van der Waals surface area contributed by atoms with E-state index in [0.717, 1.165) is 20.6 Å². The highest BCUT2D eigenvalue weighted by Gasteiger charge is 2.30. The number of hydrogen-bond acceptors (Lipinski definition) is 4. The minimum absolute atomic E-state index is 0.0769. The number of hydrogen-bond donors (Lipinski definition) is 1. The molecule has 186 valence electrons. The number of rotatable bonds is 10. The normalized spacial score (nSPS) is 12.6. The van der Waals surface area contributed by atoms with E-state index in [1.807, 2.05) is 68.4 Å². The van der Waals surface area contributed by atoms with Crippen LogP contribution >= 0.6 is 0 Å². The highest BCUT2D eigenvalue weighted by Crippen LogP contribution is 2.21. The van der Waals surface area contributed by atoms with Crippen LogP contribution in [0.2, 0.25) is 0 Å². The summed E-state index contributed by atoms with van der Waals surface area (Å²) in [5, 5.41) is 4.57. The zero-order valence-corrected chi connectivity index (χ0v) is 21.5. The average molecular weight is 496 g/mol. The predicted octanol–water partition coefficient (Wildman–Crippen LogP) is 3.44. The molecule has 0 fully saturated rings. The van der Waals surface area contributed by atoms with Crippen LogP contribution < -0.4 is 5.32 Å². The first kappa shape index (κ1) is 26.4. The molecule has 35 heavy (non-hydrogen) atoms. The molecule has 7 nitrogen and oxygen atoms in total. The van der Waals surface area contributed by atoms with E-state index in [1.165, 1.54) is 11.9 Å². The summed E-state index contributed by atoms with van der Waals surface area (Å²) in [7, 11) is -2.52. The van der Waals surface area contributed by atoms with Gasteiger partial charge in [0.05, 0.1) is 11.4 Å². The summed E-state index contributed by atoms with van der Waals surface area (Å²) in [5.41, 5.74) is 1.03. The van der Waals surface area contributed by atoms with Crippen LogP contribution in [0.3, 0.4) is 0 Å². The summed E-state index contributed by atoms with van der Waals surface area (Å²) in [6.07, 6.45) is 0.549. The lowest BCUT2D eigenvalue weighted by Crippen LogP contribution is -2.52. The summed E-state index contributed by atoms with van der Waals surface area (Å²) in [6.45, 7) is 5.29. The fourth-order valence-electron chi connectivity index (χ4n) is 3.85. The van der Waals surface area contributed by atoms with Crippen molar-refractivity contribution in [1.82, 2.24) is 14.5 Å². The lowest BCUT2D eigenvalue weighted by Gasteiger charge is -2.30. The first-order chi connectivity index (χ1) is 16.6. The lowest BCUT2D eigenvalue weighted by atomic mass is 10.1. The number of benzene rings is 3. The van der Waals surface area contributed by atoms with Crippen LogP contribution in [0.4, 0.5) is 0 Å². The molecule has 0 aliphatic rings. The average Bonchev–Trinajstić information content (AvgIpc) is 2.83. The first-order valence-corrected chi connectivity index (χ1v) is 13.1. The summed E-state index contributed by atoms with van der Waals surface area (Å²) in [4.78, 5) is 27.6. The highest BCUT2D eigenvalue weighted by molar-refractivity contribution is 7.89. The van der Waals surface area contributed by atoms with E-state index in [2.05, 4.69) is 5.32 Å². The van der Waals surface area contributed by atoms with Crippen molar-refractivity contribution < 1.29 is 18.0 Å². The lowest BCUT2D eigenvalue weighted by molar-refractivity contribution is -0.140. The van der Waals surface area contributed by atoms with Gasteiger partial charge in [-0.05, 0) is 55.7 Å². The Morgan fingerprint density at radius 1 is 0.886 bits per heavy atom. The molecule has 0 saturated carbocycles. The van der Waals surface area contributed by atoms with Gasteiger partial charge in [0.15, 0.2) is 0 Å². The van der Waals surface area contributed by atoms with Crippen molar-refractivity contribution in [2.24, 2.45) is 0 Å². The van der Waals surface area contributed by atoms with Crippen LogP contribution in [0, 0.1) is 0 Å². The van der Waals surface area contributed by atoms with Gasteiger partial charge >= 0.3 is 0 Å². The number of sulfonamides is 1. The van der Waals surface area contributed by atoms with Crippen molar-refractivity contribution in [3.8, 4) is 0 Å². The van der Waals surface area contributed by atoms with Gasteiger partial charge in [0.25, 0.3) is 0 Å². The van der Waals surface area contributed by atoms with E-state index in [-0.39, 0.29) is 23.4 Å². The van der Waals surface area contributed by atoms with Crippen LogP contribution in [-0.4, -0.2) is 61.7 Å². The van der Waals surface area contributed by atoms with Gasteiger partial charge in [-0.25, -0.2) is 8.42 Å². The Bertz CT molecular complexity index is 1280. The molecule has 0 heterocycles. The van der Waals surface area contributed by atoms with Crippen molar-refractivity contribution in [3.05, 3.63) is 78.4 Å². The molecule has 2 amide bonds. The van der Waals surface area contributed by atoms with Crippen LogP contribution in [0.15, 0.2) is 77.7 Å². The summed E-state index contributed by atoms with van der Waals surface area (Å²) >= 11 is 0. The maximum Gasteiger partial charge on any atom is 0.243 e. The van der Waals surface area contributed by atoms with Crippen LogP contribution in [0.5, 0.6) is 0 Å². The molecule has 3 aromatic rings. The Morgan fingerprint density at radius 3 is 2.17 bits per heavy atom. The number of likely N-dealkylation sites (N-methyl/N-ethyl adjacent to an activating group) is 1. The van der Waals surface area contributed by atoms with Crippen molar-refractivity contribution >= 4 is 32.6 Å². The van der Waals surface area contributed by atoms with Gasteiger partial charge in [-0.2, -0.15) is 4.31 Å². The molecule has 0 aliphatic heterocycles. The van der Waals surface area contributed by atoms with Crippen molar-refractivity contribution in [2.45, 2.75) is 44.2 Å². The van der Waals surface area contributed by atoms with Gasteiger partial charge in [-0.3, -0.25) is 9.59 Å². The van der Waals surface area contributed by atoms with Gasteiger partial charge < -0.3 is 10.2 Å². The van der Waals surface area contributed by atoms with Crippen molar-refractivity contribution in [1.29, 1.82) is 0 Å². The van der Waals surface area contributed by atoms with Gasteiger partial charge in [-0.15, -0.1) is 0 Å². The topological polar surface area (TPSA) is 86.8 Å². The van der Waals surface area contributed by atoms with Gasteiger partial charge in [0.1, 0.15) is 6.04 Å². The molecule has 0 radical (unpaired) electrons. The van der Waals surface area contributed by atoms with E-state index in [4.69, 9.17) is 0 Å². The molecular formula is C27H33N3O4S. The van der Waals surface area contributed by atoms with Gasteiger partial charge in [-0.1, -0.05) is 60.7 Å². The van der Waals surface area contributed by atoms with Crippen LogP contribution in [-0.2, 0) is 26.0 Å². The van der Waals surface area contributed by atoms with Crippen molar-refractivity contribution in [3.63, 3.8) is 0 Å². The Kier molecular flexibility index (Phi) is 8.64. The molecule has 0 unspecified atom stereocenters. The Labute approximate surface area is 207 Å². The van der Waals surface area contributed by atoms with E-state index >= 15 is 0 Å². The number of nitrogens with zero attached hydrogens (tertiary/aromatic N) is 2. The fourth-order valence-corrected chi connectivity index (χ4v) is 5.01. The number of fused-ring (bicyclic) bond motifs is 1. The second kappa shape index (κ2) is 11.5. The minimum atomic E-state index is -3.91. The minimum Gasteiger partial charge on any atom is -0.352 e. The number of nitrogens with one attached hydrogen (secondary N) is 1. The molecule has 8 heteroatoms. The fraction of sp³-hybridized carbons (Fsp3) is 0.333. The SMILES string of the molecule is CC(C)NC(=O)[C@@H](C)N(CCc1ccccc1)C(=O)CN(C)S(=O)(=O)c1ccc2ccccc2c1. The third kappa shape index (κ3) is 6.68. The van der Waals surface area contributed by atoms with Crippen molar-refractivity contribution in [2.75, 3.05) is 20.1 Å². The smallest absolute Gasteiger partial charge is 0.243 e. The quantitative estimate of drug-likeness (QED) is 0.467. The monoisotopic (exact) mass is 495 g/mol. The standard InChI is InChI=1S/C27H33N3O4S/c1-20(2)28-27(32)21(3)30(17-16-22-10-6-5-7-11-22)26(31)19-29(4)35(33,34)25-15-14-23-12-8-9-13-24(23)18-25/h5-15,18,20-21H,16-17,19H2,1-4H3,(H,28,32)/t21-/m1/s1. The number of carbonyl (C=O) groups excluding carboxylic acids is 2. The highest BCUT2D eigenvalue weighted by atomic mass is 32.2. The van der Waals surface area contributed by atoms with E-state index in [9.17, 15) is 18.0 Å². The third-order valence-electron chi connectivity index (χ3n) is 5.87. The molecular weight excluding hydrogens is 462 g/mol.